The number of benzene rings is 3. The van der Waals surface area contributed by atoms with Gasteiger partial charge in [0.25, 0.3) is 0 Å². The van der Waals surface area contributed by atoms with E-state index in [0.717, 1.165) is 33.9 Å². The lowest BCUT2D eigenvalue weighted by Crippen LogP contribution is -1.92. The van der Waals surface area contributed by atoms with Crippen molar-refractivity contribution in [3.63, 3.8) is 0 Å². The van der Waals surface area contributed by atoms with E-state index in [1.54, 1.807) is 7.11 Å². The van der Waals surface area contributed by atoms with Crippen LogP contribution in [0.15, 0.2) is 60.7 Å². The Hall–Kier alpha value is -2.61. The Morgan fingerprint density at radius 3 is 2.20 bits per heavy atom. The normalized spacial score (nSPS) is 10.4. The van der Waals surface area contributed by atoms with Gasteiger partial charge in [-0.25, -0.2) is 0 Å². The van der Waals surface area contributed by atoms with Crippen LogP contribution in [0.2, 0.25) is 0 Å². The van der Waals surface area contributed by atoms with Crippen LogP contribution in [0.1, 0.15) is 10.4 Å². The second-order valence-electron chi connectivity index (χ2n) is 4.60. The van der Waals surface area contributed by atoms with Gasteiger partial charge in [0.1, 0.15) is 5.75 Å². The predicted molar refractivity (Wildman–Crippen MR) is 81.3 cm³/mol. The van der Waals surface area contributed by atoms with Crippen LogP contribution in [0.3, 0.4) is 0 Å². The molecule has 0 aromatic heterocycles. The van der Waals surface area contributed by atoms with Gasteiger partial charge in [-0.3, -0.25) is 4.79 Å². The molecule has 0 saturated heterocycles. The molecule has 3 rings (SSSR count). The minimum atomic E-state index is 0.668. The van der Waals surface area contributed by atoms with E-state index in [1.165, 1.54) is 0 Å². The highest BCUT2D eigenvalue weighted by atomic mass is 16.5. The van der Waals surface area contributed by atoms with E-state index in [2.05, 4.69) is 12.1 Å². The molecule has 0 spiro atoms. The molecule has 0 aliphatic heterocycles. The van der Waals surface area contributed by atoms with E-state index < -0.39 is 0 Å². The Morgan fingerprint density at radius 2 is 1.50 bits per heavy atom. The lowest BCUT2D eigenvalue weighted by molar-refractivity contribution is 0.112. The maximum Gasteiger partial charge on any atom is 0.150 e. The Kier molecular flexibility index (Phi) is 3.21. The van der Waals surface area contributed by atoms with Crippen molar-refractivity contribution >= 4 is 17.1 Å². The number of carbonyl (C=O) groups is 1. The van der Waals surface area contributed by atoms with Crippen molar-refractivity contribution in [2.75, 3.05) is 7.11 Å². The summed E-state index contributed by atoms with van der Waals surface area (Å²) in [6.45, 7) is 0. The van der Waals surface area contributed by atoms with Crippen LogP contribution in [0, 0.1) is 0 Å². The van der Waals surface area contributed by atoms with E-state index in [9.17, 15) is 4.79 Å². The average molecular weight is 262 g/mol. The molecule has 0 radical (unpaired) electrons. The molecule has 0 amide bonds. The van der Waals surface area contributed by atoms with Crippen LogP contribution in [-0.2, 0) is 0 Å². The molecule has 0 heterocycles. The molecule has 0 aliphatic carbocycles. The molecule has 0 saturated carbocycles. The molecule has 2 heteroatoms. The van der Waals surface area contributed by atoms with E-state index in [0.29, 0.717) is 5.56 Å². The van der Waals surface area contributed by atoms with Crippen molar-refractivity contribution < 1.29 is 9.53 Å². The summed E-state index contributed by atoms with van der Waals surface area (Å²) in [6.07, 6.45) is 0.879. The second-order valence-corrected chi connectivity index (χ2v) is 4.60. The first-order valence-electron chi connectivity index (χ1n) is 6.45. The Bertz CT molecular complexity index is 775. The molecule has 0 aliphatic rings. The molecule has 98 valence electrons. The van der Waals surface area contributed by atoms with Gasteiger partial charge >= 0.3 is 0 Å². The molecule has 0 N–H and O–H groups in total. The van der Waals surface area contributed by atoms with Crippen LogP contribution in [-0.4, -0.2) is 13.4 Å². The van der Waals surface area contributed by atoms with E-state index >= 15 is 0 Å². The summed E-state index contributed by atoms with van der Waals surface area (Å²) in [6, 6.07) is 19.7. The van der Waals surface area contributed by atoms with Crippen LogP contribution in [0.4, 0.5) is 0 Å². The second kappa shape index (κ2) is 5.17. The van der Waals surface area contributed by atoms with Crippen molar-refractivity contribution in [3.05, 3.63) is 66.2 Å². The number of carbonyl (C=O) groups excluding carboxylic acids is 1. The van der Waals surface area contributed by atoms with E-state index in [-0.39, 0.29) is 0 Å². The van der Waals surface area contributed by atoms with Crippen molar-refractivity contribution in [1.82, 2.24) is 0 Å². The molecule has 20 heavy (non-hydrogen) atoms. The van der Waals surface area contributed by atoms with Crippen molar-refractivity contribution in [2.45, 2.75) is 0 Å². The SMILES string of the molecule is COc1cc2ccccc2cc1-c1ccccc1C=O. The number of methoxy groups -OCH3 is 1. The molecular weight excluding hydrogens is 248 g/mol. The Labute approximate surface area is 117 Å². The molecule has 3 aromatic carbocycles. The van der Waals surface area contributed by atoms with Gasteiger partial charge in [0, 0.05) is 11.1 Å². The molecule has 3 aromatic rings. The number of rotatable bonds is 3. The monoisotopic (exact) mass is 262 g/mol. The number of hydrogen-bond acceptors (Lipinski definition) is 2. The van der Waals surface area contributed by atoms with Gasteiger partial charge < -0.3 is 4.74 Å². The molecule has 0 unspecified atom stereocenters. The van der Waals surface area contributed by atoms with Gasteiger partial charge in [0.15, 0.2) is 6.29 Å². The number of fused-ring (bicyclic) bond motifs is 1. The highest BCUT2D eigenvalue weighted by Crippen LogP contribution is 2.35. The molecule has 0 bridgehead atoms. The van der Waals surface area contributed by atoms with Crippen molar-refractivity contribution in [2.24, 2.45) is 0 Å². The summed E-state index contributed by atoms with van der Waals surface area (Å²) >= 11 is 0. The fourth-order valence-electron chi connectivity index (χ4n) is 2.44. The van der Waals surface area contributed by atoms with Crippen molar-refractivity contribution in [3.8, 4) is 16.9 Å². The third-order valence-electron chi connectivity index (χ3n) is 3.45. The highest BCUT2D eigenvalue weighted by Gasteiger charge is 2.11. The van der Waals surface area contributed by atoms with Crippen molar-refractivity contribution in [1.29, 1.82) is 0 Å². The fourth-order valence-corrected chi connectivity index (χ4v) is 2.44. The summed E-state index contributed by atoms with van der Waals surface area (Å²) in [5.41, 5.74) is 2.50. The lowest BCUT2D eigenvalue weighted by Gasteiger charge is -2.12. The number of ether oxygens (including phenoxy) is 1. The fraction of sp³-hybridized carbons (Fsp3) is 0.0556. The molecule has 2 nitrogen and oxygen atoms in total. The standard InChI is InChI=1S/C18H14O2/c1-20-18-11-14-7-3-2-6-13(14)10-17(18)16-9-5-4-8-15(16)12-19/h2-12H,1H3. The van der Waals surface area contributed by atoms with Crippen LogP contribution in [0.25, 0.3) is 21.9 Å². The minimum Gasteiger partial charge on any atom is -0.496 e. The smallest absolute Gasteiger partial charge is 0.150 e. The zero-order valence-electron chi connectivity index (χ0n) is 11.2. The predicted octanol–water partition coefficient (Wildman–Crippen LogP) is 4.33. The van der Waals surface area contributed by atoms with Gasteiger partial charge in [-0.05, 0) is 28.5 Å². The van der Waals surface area contributed by atoms with Gasteiger partial charge in [-0.15, -0.1) is 0 Å². The van der Waals surface area contributed by atoms with Crippen LogP contribution in [0.5, 0.6) is 5.75 Å². The third-order valence-corrected chi connectivity index (χ3v) is 3.45. The molecular formula is C18H14O2. The Morgan fingerprint density at radius 1 is 0.850 bits per heavy atom. The first-order chi connectivity index (χ1) is 9.83. The summed E-state index contributed by atoms with van der Waals surface area (Å²) in [5.74, 6) is 0.776. The summed E-state index contributed by atoms with van der Waals surface area (Å²) in [7, 11) is 1.65. The highest BCUT2D eigenvalue weighted by molar-refractivity contribution is 5.95. The topological polar surface area (TPSA) is 26.3 Å². The summed E-state index contributed by atoms with van der Waals surface area (Å²) in [5, 5.41) is 2.25. The zero-order valence-corrected chi connectivity index (χ0v) is 11.2. The third kappa shape index (κ3) is 2.05. The largest absolute Gasteiger partial charge is 0.496 e. The van der Waals surface area contributed by atoms with Crippen LogP contribution >= 0.6 is 0 Å². The summed E-state index contributed by atoms with van der Waals surface area (Å²) in [4.78, 5) is 11.2. The van der Waals surface area contributed by atoms with E-state index in [1.807, 2.05) is 48.5 Å². The maximum absolute atomic E-state index is 11.2. The van der Waals surface area contributed by atoms with E-state index in [4.69, 9.17) is 4.74 Å². The van der Waals surface area contributed by atoms with Crippen LogP contribution < -0.4 is 4.74 Å². The van der Waals surface area contributed by atoms with Gasteiger partial charge in [-0.2, -0.15) is 0 Å². The first kappa shape index (κ1) is 12.4. The Balaban J connectivity index is 2.31. The maximum atomic E-state index is 11.2. The average Bonchev–Trinajstić information content (AvgIpc) is 2.53. The first-order valence-corrected chi connectivity index (χ1v) is 6.45. The number of aldehydes is 1. The quantitative estimate of drug-likeness (QED) is 0.657. The lowest BCUT2D eigenvalue weighted by atomic mass is 9.96. The van der Waals surface area contributed by atoms with Gasteiger partial charge in [0.05, 0.1) is 7.11 Å². The van der Waals surface area contributed by atoms with Gasteiger partial charge in [0.2, 0.25) is 0 Å². The molecule has 0 fully saturated rings. The zero-order chi connectivity index (χ0) is 13.9. The molecule has 0 atom stereocenters. The number of hydrogen-bond donors (Lipinski definition) is 0. The summed E-state index contributed by atoms with van der Waals surface area (Å²) < 4.78 is 5.49. The van der Waals surface area contributed by atoms with Gasteiger partial charge in [-0.1, -0.05) is 48.5 Å². The minimum absolute atomic E-state index is 0.668.